The molecule has 1 heterocycles. The van der Waals surface area contributed by atoms with E-state index in [1.807, 2.05) is 6.07 Å². The van der Waals surface area contributed by atoms with E-state index in [0.29, 0.717) is 27.5 Å². The van der Waals surface area contributed by atoms with Gasteiger partial charge in [-0.25, -0.2) is 0 Å². The maximum atomic E-state index is 10.3. The molecule has 0 bridgehead atoms. The number of fused-ring (bicyclic) bond motifs is 1. The second-order valence-corrected chi connectivity index (χ2v) is 4.90. The normalized spacial score (nSPS) is 12.2. The fourth-order valence-electron chi connectivity index (χ4n) is 2.07. The van der Waals surface area contributed by atoms with E-state index in [0.717, 1.165) is 5.39 Å². The summed E-state index contributed by atoms with van der Waals surface area (Å²) in [4.78, 5) is 0. The number of furan rings is 1. The lowest BCUT2D eigenvalue weighted by atomic mass is 10.1. The molecule has 0 aliphatic rings. The van der Waals surface area contributed by atoms with Crippen molar-refractivity contribution in [1.82, 2.24) is 0 Å². The van der Waals surface area contributed by atoms with E-state index >= 15 is 0 Å². The number of aliphatic hydroxyl groups is 1. The first-order chi connectivity index (χ1) is 9.67. The summed E-state index contributed by atoms with van der Waals surface area (Å²) in [6.45, 7) is 0. The zero-order valence-electron chi connectivity index (χ0n) is 10.4. The molecule has 0 amide bonds. The minimum absolute atomic E-state index is 0.451. The topological polar surface area (TPSA) is 57.2 Å². The van der Waals surface area contributed by atoms with Crippen LogP contribution in [0.3, 0.4) is 0 Å². The smallest absolute Gasteiger partial charge is 0.138 e. The Kier molecular flexibility index (Phi) is 3.19. The zero-order chi connectivity index (χ0) is 14.1. The highest BCUT2D eigenvalue weighted by Crippen LogP contribution is 2.29. The third kappa shape index (κ3) is 2.27. The van der Waals surface area contributed by atoms with Crippen LogP contribution in [0.5, 0.6) is 0 Å². The van der Waals surface area contributed by atoms with Gasteiger partial charge in [0.1, 0.15) is 17.4 Å². The predicted octanol–water partition coefficient (Wildman–Crippen LogP) is 4.04. The summed E-state index contributed by atoms with van der Waals surface area (Å²) >= 11 is 5.92. The number of aliphatic hydroxyl groups excluding tert-OH is 1. The van der Waals surface area contributed by atoms with Gasteiger partial charge in [0.15, 0.2) is 0 Å². The Bertz CT molecular complexity index is 799. The van der Waals surface area contributed by atoms with Crippen LogP contribution in [0, 0.1) is 11.3 Å². The molecule has 0 saturated heterocycles. The summed E-state index contributed by atoms with van der Waals surface area (Å²) in [6, 6.07) is 15.9. The monoisotopic (exact) mass is 283 g/mol. The molecule has 3 rings (SSSR count). The molecule has 2 aromatic carbocycles. The first kappa shape index (κ1) is 12.7. The van der Waals surface area contributed by atoms with Crippen molar-refractivity contribution in [2.24, 2.45) is 0 Å². The van der Waals surface area contributed by atoms with Crippen LogP contribution < -0.4 is 0 Å². The van der Waals surface area contributed by atoms with Crippen LogP contribution in [0.2, 0.25) is 5.02 Å². The summed E-state index contributed by atoms with van der Waals surface area (Å²) < 4.78 is 5.62. The van der Waals surface area contributed by atoms with Gasteiger partial charge < -0.3 is 9.52 Å². The van der Waals surface area contributed by atoms with Gasteiger partial charge in [0.05, 0.1) is 11.6 Å². The van der Waals surface area contributed by atoms with Crippen LogP contribution in [0.25, 0.3) is 11.0 Å². The Morgan fingerprint density at radius 3 is 2.55 bits per heavy atom. The molecule has 0 fully saturated rings. The highest BCUT2D eigenvalue weighted by Gasteiger charge is 2.15. The molecular weight excluding hydrogens is 274 g/mol. The van der Waals surface area contributed by atoms with E-state index < -0.39 is 6.10 Å². The molecule has 0 aliphatic heterocycles. The van der Waals surface area contributed by atoms with Crippen molar-refractivity contribution in [3.63, 3.8) is 0 Å². The number of halogens is 1. The van der Waals surface area contributed by atoms with E-state index in [1.165, 1.54) is 0 Å². The molecule has 1 aromatic heterocycles. The average Bonchev–Trinajstić information content (AvgIpc) is 2.89. The Morgan fingerprint density at radius 1 is 1.10 bits per heavy atom. The van der Waals surface area contributed by atoms with Crippen LogP contribution in [0.1, 0.15) is 23.0 Å². The van der Waals surface area contributed by atoms with Gasteiger partial charge in [0.2, 0.25) is 0 Å². The van der Waals surface area contributed by atoms with Gasteiger partial charge in [0, 0.05) is 10.4 Å². The van der Waals surface area contributed by atoms with Gasteiger partial charge in [-0.3, -0.25) is 0 Å². The molecule has 0 aliphatic carbocycles. The highest BCUT2D eigenvalue weighted by molar-refractivity contribution is 6.31. The summed E-state index contributed by atoms with van der Waals surface area (Å²) in [5.41, 5.74) is 1.91. The SMILES string of the molecule is N#Cc1ccc(C(O)c2cc3cc(Cl)ccc3o2)cc1. The third-order valence-electron chi connectivity index (χ3n) is 3.12. The Labute approximate surface area is 120 Å². The minimum Gasteiger partial charge on any atom is -0.458 e. The second-order valence-electron chi connectivity index (χ2n) is 4.47. The lowest BCUT2D eigenvalue weighted by molar-refractivity contribution is 0.192. The van der Waals surface area contributed by atoms with E-state index in [9.17, 15) is 5.11 Å². The number of hydrogen-bond donors (Lipinski definition) is 1. The molecule has 0 radical (unpaired) electrons. The molecule has 1 N–H and O–H groups in total. The summed E-state index contributed by atoms with van der Waals surface area (Å²) in [7, 11) is 0. The van der Waals surface area contributed by atoms with Crippen LogP contribution in [-0.2, 0) is 0 Å². The zero-order valence-corrected chi connectivity index (χ0v) is 11.1. The van der Waals surface area contributed by atoms with Gasteiger partial charge in [0.25, 0.3) is 0 Å². The lowest BCUT2D eigenvalue weighted by Crippen LogP contribution is -1.97. The first-order valence-corrected chi connectivity index (χ1v) is 6.42. The second kappa shape index (κ2) is 5.01. The van der Waals surface area contributed by atoms with E-state index in [4.69, 9.17) is 21.3 Å². The molecule has 98 valence electrons. The number of benzene rings is 2. The fraction of sp³-hybridized carbons (Fsp3) is 0.0625. The van der Waals surface area contributed by atoms with Gasteiger partial charge in [-0.15, -0.1) is 0 Å². The quantitative estimate of drug-likeness (QED) is 0.772. The van der Waals surface area contributed by atoms with Gasteiger partial charge in [-0.2, -0.15) is 5.26 Å². The maximum absolute atomic E-state index is 10.3. The predicted molar refractivity (Wildman–Crippen MR) is 76.4 cm³/mol. The molecule has 1 unspecified atom stereocenters. The average molecular weight is 284 g/mol. The van der Waals surface area contributed by atoms with Crippen molar-refractivity contribution >= 4 is 22.6 Å². The van der Waals surface area contributed by atoms with E-state index in [1.54, 1.807) is 48.5 Å². The summed E-state index contributed by atoms with van der Waals surface area (Å²) in [6.07, 6.45) is -0.867. The van der Waals surface area contributed by atoms with Crippen molar-refractivity contribution in [2.75, 3.05) is 0 Å². The molecule has 1 atom stereocenters. The molecule has 3 nitrogen and oxygen atoms in total. The Balaban J connectivity index is 1.98. The fourth-order valence-corrected chi connectivity index (χ4v) is 2.25. The lowest BCUT2D eigenvalue weighted by Gasteiger charge is -2.07. The highest BCUT2D eigenvalue weighted by atomic mass is 35.5. The minimum atomic E-state index is -0.867. The van der Waals surface area contributed by atoms with Crippen molar-refractivity contribution in [2.45, 2.75) is 6.10 Å². The molecule has 4 heteroatoms. The standard InChI is InChI=1S/C16H10ClNO2/c17-13-5-6-14-12(7-13)8-15(20-14)16(19)11-3-1-10(9-18)2-4-11/h1-8,16,19H. The van der Waals surface area contributed by atoms with E-state index in [2.05, 4.69) is 0 Å². The largest absolute Gasteiger partial charge is 0.458 e. The molecule has 20 heavy (non-hydrogen) atoms. The van der Waals surface area contributed by atoms with Crippen LogP contribution in [0.4, 0.5) is 0 Å². The van der Waals surface area contributed by atoms with Crippen LogP contribution in [-0.4, -0.2) is 5.11 Å². The molecule has 0 saturated carbocycles. The summed E-state index contributed by atoms with van der Waals surface area (Å²) in [5.74, 6) is 0.451. The van der Waals surface area contributed by atoms with Gasteiger partial charge in [-0.05, 0) is 42.0 Å². The van der Waals surface area contributed by atoms with Crippen molar-refractivity contribution in [3.8, 4) is 6.07 Å². The first-order valence-electron chi connectivity index (χ1n) is 6.04. The maximum Gasteiger partial charge on any atom is 0.138 e. The number of nitriles is 1. The van der Waals surface area contributed by atoms with Crippen molar-refractivity contribution in [3.05, 3.63) is 70.4 Å². The summed E-state index contributed by atoms with van der Waals surface area (Å²) in [5, 5.41) is 20.5. The van der Waals surface area contributed by atoms with E-state index in [-0.39, 0.29) is 0 Å². The number of rotatable bonds is 2. The number of hydrogen-bond acceptors (Lipinski definition) is 3. The van der Waals surface area contributed by atoms with Crippen LogP contribution in [0.15, 0.2) is 52.9 Å². The Morgan fingerprint density at radius 2 is 1.85 bits per heavy atom. The molecular formula is C16H10ClNO2. The Hall–Kier alpha value is -2.28. The van der Waals surface area contributed by atoms with Crippen LogP contribution >= 0.6 is 11.6 Å². The third-order valence-corrected chi connectivity index (χ3v) is 3.36. The van der Waals surface area contributed by atoms with Gasteiger partial charge >= 0.3 is 0 Å². The molecule has 3 aromatic rings. The van der Waals surface area contributed by atoms with Crippen molar-refractivity contribution < 1.29 is 9.52 Å². The number of nitrogens with zero attached hydrogens (tertiary/aromatic N) is 1. The molecule has 0 spiro atoms. The van der Waals surface area contributed by atoms with Crippen molar-refractivity contribution in [1.29, 1.82) is 5.26 Å². The van der Waals surface area contributed by atoms with Gasteiger partial charge in [-0.1, -0.05) is 23.7 Å².